The summed E-state index contributed by atoms with van der Waals surface area (Å²) in [5.74, 6) is 0.284. The molecule has 6 heteroatoms. The molecule has 2 aromatic heterocycles. The van der Waals surface area contributed by atoms with Crippen molar-refractivity contribution in [1.82, 2.24) is 19.9 Å². The molecule has 32 heavy (non-hydrogen) atoms. The molecule has 0 saturated carbocycles. The normalized spacial score (nSPS) is 12.3. The van der Waals surface area contributed by atoms with E-state index in [0.29, 0.717) is 0 Å². The number of para-hydroxylation sites is 2. The highest BCUT2D eigenvalue weighted by Crippen LogP contribution is 2.27. The van der Waals surface area contributed by atoms with Crippen molar-refractivity contribution in [2.45, 2.75) is 19.4 Å². The Hall–Kier alpha value is -3.93. The highest BCUT2D eigenvalue weighted by atomic mass is 19.1. The minimum absolute atomic E-state index is 0.141. The lowest BCUT2D eigenvalue weighted by Gasteiger charge is -2.19. The Balaban J connectivity index is 1.51. The van der Waals surface area contributed by atoms with E-state index >= 15 is 0 Å². The molecule has 0 spiro atoms. The third-order valence-electron chi connectivity index (χ3n) is 5.94. The van der Waals surface area contributed by atoms with E-state index in [1.165, 1.54) is 12.1 Å². The number of nitrogens with zero attached hydrogens (tertiary/aromatic N) is 2. The molecule has 5 aromatic rings. The third-order valence-corrected chi connectivity index (χ3v) is 5.94. The van der Waals surface area contributed by atoms with Gasteiger partial charge in [-0.15, -0.1) is 0 Å². The number of hydrogen-bond acceptors (Lipinski definition) is 2. The van der Waals surface area contributed by atoms with Gasteiger partial charge >= 0.3 is 0 Å². The first-order valence-electron chi connectivity index (χ1n) is 10.5. The SMILES string of the molecule is Cc1[nH]c2ccc(F)cc2c1CC(=O)NC(c1ccccc1)c1nc2ccccc2n1C. The number of aromatic amines is 1. The van der Waals surface area contributed by atoms with Gasteiger partial charge < -0.3 is 14.9 Å². The van der Waals surface area contributed by atoms with Crippen LogP contribution in [0.2, 0.25) is 0 Å². The molecule has 5 nitrogen and oxygen atoms in total. The number of amides is 1. The van der Waals surface area contributed by atoms with E-state index < -0.39 is 6.04 Å². The predicted molar refractivity (Wildman–Crippen MR) is 124 cm³/mol. The Bertz CT molecular complexity index is 1430. The number of aryl methyl sites for hydroxylation is 2. The first kappa shape index (κ1) is 20.0. The number of halogens is 1. The fourth-order valence-electron chi connectivity index (χ4n) is 4.32. The number of benzene rings is 3. The molecule has 1 unspecified atom stereocenters. The Morgan fingerprint density at radius 2 is 1.84 bits per heavy atom. The Labute approximate surface area is 184 Å². The topological polar surface area (TPSA) is 62.7 Å². The number of nitrogens with one attached hydrogen (secondary N) is 2. The summed E-state index contributed by atoms with van der Waals surface area (Å²) in [4.78, 5) is 21.3. The van der Waals surface area contributed by atoms with Crippen LogP contribution >= 0.6 is 0 Å². The molecule has 2 N–H and O–H groups in total. The van der Waals surface area contributed by atoms with Gasteiger partial charge in [-0.2, -0.15) is 0 Å². The molecule has 0 aliphatic heterocycles. The van der Waals surface area contributed by atoms with E-state index in [1.54, 1.807) is 6.07 Å². The van der Waals surface area contributed by atoms with Crippen LogP contribution in [-0.2, 0) is 18.3 Å². The van der Waals surface area contributed by atoms with E-state index in [0.717, 1.165) is 44.6 Å². The van der Waals surface area contributed by atoms with Gasteiger partial charge in [0.1, 0.15) is 17.7 Å². The fraction of sp³-hybridized carbons (Fsp3) is 0.154. The zero-order valence-electron chi connectivity index (χ0n) is 17.9. The number of carbonyl (C=O) groups is 1. The van der Waals surface area contributed by atoms with E-state index in [2.05, 4.69) is 10.3 Å². The van der Waals surface area contributed by atoms with Crippen molar-refractivity contribution in [3.63, 3.8) is 0 Å². The molecule has 160 valence electrons. The standard InChI is InChI=1S/C26H23FN4O/c1-16-19(20-14-18(27)12-13-21(20)28-16)15-24(32)30-25(17-8-4-3-5-9-17)26-29-22-10-6-7-11-23(22)31(26)2/h3-14,25,28H,15H2,1-2H3,(H,30,32). The maximum atomic E-state index is 13.8. The Morgan fingerprint density at radius 3 is 2.62 bits per heavy atom. The average molecular weight is 426 g/mol. The zero-order valence-corrected chi connectivity index (χ0v) is 17.9. The molecule has 0 saturated heterocycles. The van der Waals surface area contributed by atoms with Crippen LogP contribution in [0.15, 0.2) is 72.8 Å². The van der Waals surface area contributed by atoms with Crippen LogP contribution in [0.1, 0.15) is 28.7 Å². The van der Waals surface area contributed by atoms with Crippen LogP contribution in [-0.4, -0.2) is 20.4 Å². The van der Waals surface area contributed by atoms with Crippen molar-refractivity contribution in [1.29, 1.82) is 0 Å². The number of rotatable bonds is 5. The number of H-pyrrole nitrogens is 1. The van der Waals surface area contributed by atoms with Crippen molar-refractivity contribution >= 4 is 27.8 Å². The molecule has 2 heterocycles. The van der Waals surface area contributed by atoms with Gasteiger partial charge in [0.15, 0.2) is 0 Å². The number of fused-ring (bicyclic) bond motifs is 2. The molecule has 1 atom stereocenters. The maximum absolute atomic E-state index is 13.8. The minimum atomic E-state index is -0.414. The van der Waals surface area contributed by atoms with Crippen LogP contribution < -0.4 is 5.32 Å². The summed E-state index contributed by atoms with van der Waals surface area (Å²) in [5, 5.41) is 3.90. The van der Waals surface area contributed by atoms with Gasteiger partial charge in [-0.3, -0.25) is 4.79 Å². The largest absolute Gasteiger partial charge is 0.358 e. The second-order valence-electron chi connectivity index (χ2n) is 8.02. The maximum Gasteiger partial charge on any atom is 0.225 e. The molecular weight excluding hydrogens is 403 g/mol. The predicted octanol–water partition coefficient (Wildman–Crippen LogP) is 4.95. The first-order valence-corrected chi connectivity index (χ1v) is 10.5. The fourth-order valence-corrected chi connectivity index (χ4v) is 4.32. The Kier molecular flexibility index (Phi) is 4.98. The van der Waals surface area contributed by atoms with Gasteiger partial charge in [0, 0.05) is 23.6 Å². The van der Waals surface area contributed by atoms with E-state index in [-0.39, 0.29) is 18.1 Å². The van der Waals surface area contributed by atoms with E-state index in [1.807, 2.05) is 73.1 Å². The summed E-state index contributed by atoms with van der Waals surface area (Å²) in [7, 11) is 1.96. The zero-order chi connectivity index (χ0) is 22.2. The average Bonchev–Trinajstić information content (AvgIpc) is 3.29. The highest BCUT2D eigenvalue weighted by Gasteiger charge is 2.23. The lowest BCUT2D eigenvalue weighted by molar-refractivity contribution is -0.121. The summed E-state index contributed by atoms with van der Waals surface area (Å²) >= 11 is 0. The van der Waals surface area contributed by atoms with Crippen LogP contribution in [0.5, 0.6) is 0 Å². The number of aromatic nitrogens is 3. The number of carbonyl (C=O) groups excluding carboxylic acids is 1. The van der Waals surface area contributed by atoms with Crippen molar-refractivity contribution in [2.75, 3.05) is 0 Å². The quantitative estimate of drug-likeness (QED) is 0.418. The lowest BCUT2D eigenvalue weighted by atomic mass is 10.0. The monoisotopic (exact) mass is 426 g/mol. The second-order valence-corrected chi connectivity index (χ2v) is 8.02. The molecule has 0 fully saturated rings. The first-order chi connectivity index (χ1) is 15.5. The minimum Gasteiger partial charge on any atom is -0.358 e. The highest BCUT2D eigenvalue weighted by molar-refractivity contribution is 5.90. The second kappa shape index (κ2) is 7.96. The van der Waals surface area contributed by atoms with E-state index in [4.69, 9.17) is 4.98 Å². The van der Waals surface area contributed by atoms with Gasteiger partial charge in [-0.25, -0.2) is 9.37 Å². The molecule has 0 radical (unpaired) electrons. The molecule has 5 rings (SSSR count). The molecule has 1 amide bonds. The van der Waals surface area contributed by atoms with Gasteiger partial charge in [0.05, 0.1) is 17.5 Å². The van der Waals surface area contributed by atoms with Gasteiger partial charge in [-0.05, 0) is 48.4 Å². The Morgan fingerprint density at radius 1 is 1.09 bits per heavy atom. The molecule has 0 aliphatic carbocycles. The smallest absolute Gasteiger partial charge is 0.225 e. The van der Waals surface area contributed by atoms with Crippen molar-refractivity contribution < 1.29 is 9.18 Å². The van der Waals surface area contributed by atoms with Gasteiger partial charge in [0.25, 0.3) is 0 Å². The molecule has 0 aliphatic rings. The summed E-state index contributed by atoms with van der Waals surface area (Å²) in [6.45, 7) is 1.90. The summed E-state index contributed by atoms with van der Waals surface area (Å²) in [5.41, 5.74) is 5.31. The van der Waals surface area contributed by atoms with Gasteiger partial charge in [-0.1, -0.05) is 42.5 Å². The molecular formula is C26H23FN4O. The van der Waals surface area contributed by atoms with E-state index in [9.17, 15) is 9.18 Å². The van der Waals surface area contributed by atoms with Crippen molar-refractivity contribution in [3.8, 4) is 0 Å². The number of imidazole rings is 1. The van der Waals surface area contributed by atoms with Crippen LogP contribution in [0.3, 0.4) is 0 Å². The van der Waals surface area contributed by atoms with Gasteiger partial charge in [0.2, 0.25) is 5.91 Å². The summed E-state index contributed by atoms with van der Waals surface area (Å²) in [6, 6.07) is 21.9. The van der Waals surface area contributed by atoms with Crippen molar-refractivity contribution in [2.24, 2.45) is 7.05 Å². The number of hydrogen-bond donors (Lipinski definition) is 2. The summed E-state index contributed by atoms with van der Waals surface area (Å²) < 4.78 is 15.8. The molecule has 0 bridgehead atoms. The van der Waals surface area contributed by atoms with Crippen LogP contribution in [0.4, 0.5) is 4.39 Å². The summed E-state index contributed by atoms with van der Waals surface area (Å²) in [6.07, 6.45) is 0.141. The third kappa shape index (κ3) is 3.54. The molecule has 3 aromatic carbocycles. The van der Waals surface area contributed by atoms with Crippen molar-refractivity contribution in [3.05, 3.63) is 101 Å². The van der Waals surface area contributed by atoms with Crippen LogP contribution in [0, 0.1) is 12.7 Å². The lowest BCUT2D eigenvalue weighted by Crippen LogP contribution is -2.32. The van der Waals surface area contributed by atoms with Crippen LogP contribution in [0.25, 0.3) is 21.9 Å².